The molecule has 2 aromatic rings. The van der Waals surface area contributed by atoms with Crippen molar-refractivity contribution >= 4 is 11.9 Å². The molecule has 1 amide bonds. The lowest BCUT2D eigenvalue weighted by molar-refractivity contribution is -0.161. The highest BCUT2D eigenvalue weighted by Gasteiger charge is 2.26. The van der Waals surface area contributed by atoms with Crippen LogP contribution in [0.2, 0.25) is 0 Å². The minimum atomic E-state index is -0.970. The number of amides is 1. The van der Waals surface area contributed by atoms with Crippen molar-refractivity contribution in [3.05, 3.63) is 65.2 Å². The Bertz CT molecular complexity index is 786. The molecule has 0 fully saturated rings. The zero-order valence-corrected chi connectivity index (χ0v) is 15.1. The van der Waals surface area contributed by atoms with Crippen molar-refractivity contribution in [3.63, 3.8) is 0 Å². The molecule has 5 heteroatoms. The topological polar surface area (TPSA) is 55.8 Å². The van der Waals surface area contributed by atoms with Crippen molar-refractivity contribution < 1.29 is 19.1 Å². The number of carbonyl (C=O) groups excluding carboxylic acids is 2. The summed E-state index contributed by atoms with van der Waals surface area (Å²) in [6.45, 7) is -0.233. The van der Waals surface area contributed by atoms with Crippen LogP contribution in [-0.4, -0.2) is 37.5 Å². The molecule has 0 spiro atoms. The number of hydrogen-bond acceptors (Lipinski definition) is 4. The second-order valence-electron chi connectivity index (χ2n) is 6.59. The van der Waals surface area contributed by atoms with E-state index < -0.39 is 12.1 Å². The number of rotatable bonds is 6. The van der Waals surface area contributed by atoms with Gasteiger partial charge in [0.25, 0.3) is 5.91 Å². The summed E-state index contributed by atoms with van der Waals surface area (Å²) in [7, 11) is 3.26. The van der Waals surface area contributed by atoms with Gasteiger partial charge in [-0.25, -0.2) is 4.79 Å². The van der Waals surface area contributed by atoms with Gasteiger partial charge in [-0.2, -0.15) is 0 Å². The van der Waals surface area contributed by atoms with E-state index in [1.54, 1.807) is 38.4 Å². The summed E-state index contributed by atoms with van der Waals surface area (Å²) in [6, 6.07) is 14.9. The Kier molecular flexibility index (Phi) is 5.56. The highest BCUT2D eigenvalue weighted by molar-refractivity contribution is 5.85. The van der Waals surface area contributed by atoms with Crippen LogP contribution in [0.4, 0.5) is 0 Å². The van der Waals surface area contributed by atoms with E-state index in [1.807, 2.05) is 24.3 Å². The molecule has 0 aliphatic heterocycles. The van der Waals surface area contributed by atoms with Gasteiger partial charge in [0, 0.05) is 19.7 Å². The van der Waals surface area contributed by atoms with Crippen LogP contribution in [0, 0.1) is 0 Å². The maximum atomic E-state index is 12.4. The molecule has 0 heterocycles. The Hall–Kier alpha value is -2.82. The number of hydrogen-bond donors (Lipinski definition) is 0. The number of fused-ring (bicyclic) bond motifs is 1. The Balaban J connectivity index is 1.63. The fraction of sp³-hybridized carbons (Fsp3) is 0.333. The summed E-state index contributed by atoms with van der Waals surface area (Å²) < 4.78 is 11.0. The minimum absolute atomic E-state index is 0.233. The standard InChI is InChI=1S/C21H23NO4/c1-22(2)21(24)20(16-7-4-3-5-8-16)26-19(23)14-25-18-12-11-15-9-6-10-17(15)13-18/h3-5,7-8,11-13,20H,6,9-10,14H2,1-2H3/t20-/m0/s1. The molecule has 5 nitrogen and oxygen atoms in total. The molecule has 0 aromatic heterocycles. The summed E-state index contributed by atoms with van der Waals surface area (Å²) in [5, 5.41) is 0. The normalized spacial score (nSPS) is 13.6. The van der Waals surface area contributed by atoms with Crippen LogP contribution in [0.15, 0.2) is 48.5 Å². The van der Waals surface area contributed by atoms with Crippen molar-refractivity contribution in [3.8, 4) is 5.75 Å². The summed E-state index contributed by atoms with van der Waals surface area (Å²) >= 11 is 0. The molecule has 1 aliphatic carbocycles. The van der Waals surface area contributed by atoms with Crippen LogP contribution in [0.1, 0.15) is 29.2 Å². The molecule has 1 atom stereocenters. The highest BCUT2D eigenvalue weighted by Crippen LogP contribution is 2.26. The smallest absolute Gasteiger partial charge is 0.345 e. The fourth-order valence-electron chi connectivity index (χ4n) is 3.07. The second-order valence-corrected chi connectivity index (χ2v) is 6.59. The molecule has 2 aromatic carbocycles. The quantitative estimate of drug-likeness (QED) is 0.750. The predicted octanol–water partition coefficient (Wildman–Crippen LogP) is 2.93. The Morgan fingerprint density at radius 2 is 1.77 bits per heavy atom. The maximum Gasteiger partial charge on any atom is 0.345 e. The van der Waals surface area contributed by atoms with E-state index >= 15 is 0 Å². The molecule has 0 N–H and O–H groups in total. The van der Waals surface area contributed by atoms with Crippen molar-refractivity contribution in [2.75, 3.05) is 20.7 Å². The van der Waals surface area contributed by atoms with Crippen LogP contribution < -0.4 is 4.74 Å². The van der Waals surface area contributed by atoms with E-state index in [2.05, 4.69) is 0 Å². The van der Waals surface area contributed by atoms with Gasteiger partial charge in [0.2, 0.25) is 6.10 Å². The van der Waals surface area contributed by atoms with E-state index in [9.17, 15) is 9.59 Å². The lowest BCUT2D eigenvalue weighted by Gasteiger charge is -2.21. The van der Waals surface area contributed by atoms with Crippen molar-refractivity contribution in [2.24, 2.45) is 0 Å². The van der Waals surface area contributed by atoms with Gasteiger partial charge in [0.15, 0.2) is 6.61 Å². The first kappa shape index (κ1) is 18.0. The van der Waals surface area contributed by atoms with Crippen LogP contribution in [0.5, 0.6) is 5.75 Å². The monoisotopic (exact) mass is 353 g/mol. The first-order valence-corrected chi connectivity index (χ1v) is 8.75. The summed E-state index contributed by atoms with van der Waals surface area (Å²) in [4.78, 5) is 26.0. The van der Waals surface area contributed by atoms with E-state index in [-0.39, 0.29) is 12.5 Å². The molecule has 0 unspecified atom stereocenters. The number of aryl methyl sites for hydroxylation is 2. The first-order valence-electron chi connectivity index (χ1n) is 8.75. The van der Waals surface area contributed by atoms with Gasteiger partial charge < -0.3 is 14.4 Å². The lowest BCUT2D eigenvalue weighted by Crippen LogP contribution is -2.32. The van der Waals surface area contributed by atoms with Crippen LogP contribution in [0.25, 0.3) is 0 Å². The summed E-state index contributed by atoms with van der Waals surface area (Å²) in [5.74, 6) is -0.213. The van der Waals surface area contributed by atoms with Gasteiger partial charge in [0.1, 0.15) is 5.75 Å². The largest absolute Gasteiger partial charge is 0.482 e. The molecule has 0 saturated heterocycles. The number of nitrogens with zero attached hydrogens (tertiary/aromatic N) is 1. The number of ether oxygens (including phenoxy) is 2. The van der Waals surface area contributed by atoms with Crippen molar-refractivity contribution in [1.29, 1.82) is 0 Å². The lowest BCUT2D eigenvalue weighted by atomic mass is 10.1. The Morgan fingerprint density at radius 3 is 2.50 bits per heavy atom. The third-order valence-corrected chi connectivity index (χ3v) is 4.44. The van der Waals surface area contributed by atoms with E-state index in [0.29, 0.717) is 11.3 Å². The van der Waals surface area contributed by atoms with Gasteiger partial charge in [0.05, 0.1) is 0 Å². The highest BCUT2D eigenvalue weighted by atomic mass is 16.6. The van der Waals surface area contributed by atoms with E-state index in [1.165, 1.54) is 16.0 Å². The summed E-state index contributed by atoms with van der Waals surface area (Å²) in [5.41, 5.74) is 3.26. The van der Waals surface area contributed by atoms with Gasteiger partial charge in [-0.15, -0.1) is 0 Å². The molecule has 1 aliphatic rings. The Labute approximate surface area is 153 Å². The fourth-order valence-corrected chi connectivity index (χ4v) is 3.07. The number of esters is 1. The molecule has 0 radical (unpaired) electrons. The van der Waals surface area contributed by atoms with Gasteiger partial charge >= 0.3 is 5.97 Å². The molecular formula is C21H23NO4. The van der Waals surface area contributed by atoms with Crippen molar-refractivity contribution in [2.45, 2.75) is 25.4 Å². The van der Waals surface area contributed by atoms with Crippen LogP contribution in [-0.2, 0) is 27.2 Å². The van der Waals surface area contributed by atoms with Crippen LogP contribution >= 0.6 is 0 Å². The minimum Gasteiger partial charge on any atom is -0.482 e. The van der Waals surface area contributed by atoms with Crippen LogP contribution in [0.3, 0.4) is 0 Å². The third-order valence-electron chi connectivity index (χ3n) is 4.44. The Morgan fingerprint density at radius 1 is 1.04 bits per heavy atom. The van der Waals surface area contributed by atoms with Gasteiger partial charge in [-0.05, 0) is 42.5 Å². The van der Waals surface area contributed by atoms with E-state index in [4.69, 9.17) is 9.47 Å². The molecule has 0 saturated carbocycles. The second kappa shape index (κ2) is 8.04. The molecule has 136 valence electrons. The third kappa shape index (κ3) is 4.23. The first-order chi connectivity index (χ1) is 12.5. The number of likely N-dealkylation sites (N-methyl/N-ethyl adjacent to an activating group) is 1. The van der Waals surface area contributed by atoms with Gasteiger partial charge in [-0.3, -0.25) is 4.79 Å². The van der Waals surface area contributed by atoms with Gasteiger partial charge in [-0.1, -0.05) is 36.4 Å². The zero-order valence-electron chi connectivity index (χ0n) is 15.1. The summed E-state index contributed by atoms with van der Waals surface area (Å²) in [6.07, 6.45) is 2.34. The molecule has 3 rings (SSSR count). The predicted molar refractivity (Wildman–Crippen MR) is 97.9 cm³/mol. The average Bonchev–Trinajstić information content (AvgIpc) is 3.12. The molecule has 0 bridgehead atoms. The molecule has 26 heavy (non-hydrogen) atoms. The number of benzene rings is 2. The zero-order chi connectivity index (χ0) is 18.5. The number of carbonyl (C=O) groups is 2. The SMILES string of the molecule is CN(C)C(=O)[C@@H](OC(=O)COc1ccc2c(c1)CCC2)c1ccccc1. The van der Waals surface area contributed by atoms with E-state index in [0.717, 1.165) is 19.3 Å². The van der Waals surface area contributed by atoms with Crippen molar-refractivity contribution in [1.82, 2.24) is 4.90 Å². The maximum absolute atomic E-state index is 12.4. The average molecular weight is 353 g/mol. The molecular weight excluding hydrogens is 330 g/mol.